The smallest absolute Gasteiger partial charge is 0.173 e. The number of anilines is 1. The number of nitrogens with zero attached hydrogens (tertiary/aromatic N) is 1. The van der Waals surface area contributed by atoms with Gasteiger partial charge in [0.15, 0.2) is 5.11 Å². The third-order valence-corrected chi connectivity index (χ3v) is 5.94. The Morgan fingerprint density at radius 1 is 1.12 bits per heavy atom. The third kappa shape index (κ3) is 4.39. The van der Waals surface area contributed by atoms with Crippen molar-refractivity contribution in [1.82, 2.24) is 4.90 Å². The number of nitrogens with one attached hydrogen (secondary N) is 1. The second kappa shape index (κ2) is 8.41. The molecule has 0 unspecified atom stereocenters. The molecule has 0 atom stereocenters. The average molecular weight is 387 g/mol. The van der Waals surface area contributed by atoms with Crippen molar-refractivity contribution in [2.45, 2.75) is 59.0 Å². The van der Waals surface area contributed by atoms with Gasteiger partial charge in [-0.05, 0) is 68.6 Å². The molecule has 0 bridgehead atoms. The first-order chi connectivity index (χ1) is 12.5. The largest absolute Gasteiger partial charge is 0.342 e. The molecule has 1 aliphatic carbocycles. The van der Waals surface area contributed by atoms with Gasteiger partial charge in [-0.25, -0.2) is 0 Å². The molecule has 0 radical (unpaired) electrons. The predicted molar refractivity (Wildman–Crippen MR) is 116 cm³/mol. The van der Waals surface area contributed by atoms with E-state index >= 15 is 0 Å². The van der Waals surface area contributed by atoms with Gasteiger partial charge in [0, 0.05) is 23.3 Å². The molecule has 2 aromatic carbocycles. The molecule has 1 fully saturated rings. The number of hydrogen-bond donors (Lipinski definition) is 1. The van der Waals surface area contributed by atoms with Crippen LogP contribution in [0.1, 0.15) is 47.9 Å². The van der Waals surface area contributed by atoms with Gasteiger partial charge < -0.3 is 10.2 Å². The van der Waals surface area contributed by atoms with E-state index in [4.69, 9.17) is 23.8 Å². The molecular formula is C22H27ClN2S. The number of thiocarbonyl (C=S) groups is 1. The minimum Gasteiger partial charge on any atom is -0.342 e. The molecule has 2 nitrogen and oxygen atoms in total. The maximum atomic E-state index is 6.42. The zero-order chi connectivity index (χ0) is 18.7. The van der Waals surface area contributed by atoms with Crippen LogP contribution in [0.25, 0.3) is 0 Å². The fourth-order valence-corrected chi connectivity index (χ4v) is 4.46. The Bertz CT molecular complexity index is 773. The lowest BCUT2D eigenvalue weighted by molar-refractivity contribution is 0.312. The van der Waals surface area contributed by atoms with Gasteiger partial charge in [0.25, 0.3) is 0 Å². The van der Waals surface area contributed by atoms with E-state index in [1.54, 1.807) is 0 Å². The van der Waals surface area contributed by atoms with E-state index in [1.165, 1.54) is 42.4 Å². The number of aryl methyl sites for hydroxylation is 3. The highest BCUT2D eigenvalue weighted by Gasteiger charge is 2.25. The molecule has 1 saturated carbocycles. The maximum absolute atomic E-state index is 6.42. The molecule has 3 rings (SSSR count). The third-order valence-electron chi connectivity index (χ3n) is 5.23. The summed E-state index contributed by atoms with van der Waals surface area (Å²) in [6, 6.07) is 12.9. The Kier molecular flexibility index (Phi) is 6.20. The van der Waals surface area contributed by atoms with Gasteiger partial charge >= 0.3 is 0 Å². The summed E-state index contributed by atoms with van der Waals surface area (Å²) in [7, 11) is 0. The first-order valence-electron chi connectivity index (χ1n) is 9.34. The molecule has 1 N–H and O–H groups in total. The first-order valence-corrected chi connectivity index (χ1v) is 10.1. The molecule has 0 spiro atoms. The van der Waals surface area contributed by atoms with Crippen LogP contribution in [0.3, 0.4) is 0 Å². The Labute approximate surface area is 167 Å². The summed E-state index contributed by atoms with van der Waals surface area (Å²) < 4.78 is 0. The van der Waals surface area contributed by atoms with Crippen molar-refractivity contribution < 1.29 is 0 Å². The maximum Gasteiger partial charge on any atom is 0.173 e. The van der Waals surface area contributed by atoms with Crippen LogP contribution < -0.4 is 5.32 Å². The van der Waals surface area contributed by atoms with Gasteiger partial charge in [-0.2, -0.15) is 0 Å². The van der Waals surface area contributed by atoms with Crippen LogP contribution in [0.2, 0.25) is 5.02 Å². The van der Waals surface area contributed by atoms with E-state index in [0.717, 1.165) is 27.9 Å². The summed E-state index contributed by atoms with van der Waals surface area (Å²) in [6.45, 7) is 7.16. The van der Waals surface area contributed by atoms with E-state index in [-0.39, 0.29) is 0 Å². The summed E-state index contributed by atoms with van der Waals surface area (Å²) in [6.07, 6.45) is 4.93. The van der Waals surface area contributed by atoms with Crippen molar-refractivity contribution >= 4 is 34.6 Å². The minimum absolute atomic E-state index is 0.484. The van der Waals surface area contributed by atoms with Crippen LogP contribution in [-0.2, 0) is 6.54 Å². The number of rotatable bonds is 4. The lowest BCUT2D eigenvalue weighted by Crippen LogP contribution is -2.41. The summed E-state index contributed by atoms with van der Waals surface area (Å²) in [5.74, 6) is 0. The molecule has 0 amide bonds. The standard InChI is InChI=1S/C22H27ClN2S/c1-15-12-16(2)21(17(3)13-15)24-22(26)25(19-9-5-6-10-19)14-18-8-4-7-11-20(18)23/h4,7-8,11-13,19H,5-6,9-10,14H2,1-3H3,(H,24,26). The molecule has 4 heteroatoms. The average Bonchev–Trinajstić information content (AvgIpc) is 3.11. The van der Waals surface area contributed by atoms with Gasteiger partial charge in [0.2, 0.25) is 0 Å². The highest BCUT2D eigenvalue weighted by Crippen LogP contribution is 2.29. The minimum atomic E-state index is 0.484. The van der Waals surface area contributed by atoms with Crippen molar-refractivity contribution in [3.05, 3.63) is 63.7 Å². The summed E-state index contributed by atoms with van der Waals surface area (Å²) in [4.78, 5) is 2.34. The van der Waals surface area contributed by atoms with Gasteiger partial charge in [-0.1, -0.05) is 60.3 Å². The Hall–Kier alpha value is -1.58. The highest BCUT2D eigenvalue weighted by molar-refractivity contribution is 7.80. The van der Waals surface area contributed by atoms with Crippen LogP contribution in [0, 0.1) is 20.8 Å². The lowest BCUT2D eigenvalue weighted by atomic mass is 10.1. The van der Waals surface area contributed by atoms with E-state index in [9.17, 15) is 0 Å². The highest BCUT2D eigenvalue weighted by atomic mass is 35.5. The first kappa shape index (κ1) is 19.2. The number of hydrogen-bond acceptors (Lipinski definition) is 1. The van der Waals surface area contributed by atoms with Gasteiger partial charge in [0.1, 0.15) is 0 Å². The van der Waals surface area contributed by atoms with Crippen molar-refractivity contribution in [2.24, 2.45) is 0 Å². The predicted octanol–water partition coefficient (Wildman–Crippen LogP) is 6.41. The van der Waals surface area contributed by atoms with E-state index in [0.29, 0.717) is 6.04 Å². The second-order valence-corrected chi connectivity index (χ2v) is 8.16. The number of benzene rings is 2. The van der Waals surface area contributed by atoms with Crippen LogP contribution in [0.5, 0.6) is 0 Å². The van der Waals surface area contributed by atoms with Crippen molar-refractivity contribution in [3.8, 4) is 0 Å². The molecular weight excluding hydrogens is 360 g/mol. The van der Waals surface area contributed by atoms with Crippen molar-refractivity contribution in [3.63, 3.8) is 0 Å². The van der Waals surface area contributed by atoms with E-state index in [2.05, 4.69) is 49.2 Å². The summed E-state index contributed by atoms with van der Waals surface area (Å²) in [5, 5.41) is 5.14. The van der Waals surface area contributed by atoms with Crippen molar-refractivity contribution in [2.75, 3.05) is 5.32 Å². The van der Waals surface area contributed by atoms with Crippen LogP contribution in [0.15, 0.2) is 36.4 Å². The second-order valence-electron chi connectivity index (χ2n) is 7.36. The lowest BCUT2D eigenvalue weighted by Gasteiger charge is -2.32. The monoisotopic (exact) mass is 386 g/mol. The molecule has 26 heavy (non-hydrogen) atoms. The van der Waals surface area contributed by atoms with E-state index in [1.807, 2.05) is 18.2 Å². The SMILES string of the molecule is Cc1cc(C)c(NC(=S)N(Cc2ccccc2Cl)C2CCCC2)c(C)c1. The molecule has 2 aromatic rings. The zero-order valence-electron chi connectivity index (χ0n) is 15.8. The normalized spacial score (nSPS) is 14.5. The molecule has 0 aliphatic heterocycles. The van der Waals surface area contributed by atoms with Crippen LogP contribution >= 0.6 is 23.8 Å². The van der Waals surface area contributed by atoms with E-state index < -0.39 is 0 Å². The molecule has 1 aliphatic rings. The Balaban J connectivity index is 1.85. The van der Waals surface area contributed by atoms with Gasteiger partial charge in [-0.15, -0.1) is 0 Å². The van der Waals surface area contributed by atoms with Gasteiger partial charge in [-0.3, -0.25) is 0 Å². The molecule has 0 saturated heterocycles. The fraction of sp³-hybridized carbons (Fsp3) is 0.409. The Morgan fingerprint density at radius 2 is 1.73 bits per heavy atom. The van der Waals surface area contributed by atoms with Crippen LogP contribution in [0.4, 0.5) is 5.69 Å². The quantitative estimate of drug-likeness (QED) is 0.611. The summed E-state index contributed by atoms with van der Waals surface area (Å²) >= 11 is 12.3. The summed E-state index contributed by atoms with van der Waals surface area (Å²) in [5.41, 5.74) is 5.99. The fourth-order valence-electron chi connectivity index (χ4n) is 3.95. The van der Waals surface area contributed by atoms with Gasteiger partial charge in [0.05, 0.1) is 0 Å². The molecule has 0 heterocycles. The zero-order valence-corrected chi connectivity index (χ0v) is 17.4. The molecule has 138 valence electrons. The molecule has 0 aromatic heterocycles. The van der Waals surface area contributed by atoms with Crippen molar-refractivity contribution in [1.29, 1.82) is 0 Å². The van der Waals surface area contributed by atoms with Crippen LogP contribution in [-0.4, -0.2) is 16.1 Å². The Morgan fingerprint density at radius 3 is 2.35 bits per heavy atom. The number of halogens is 1. The topological polar surface area (TPSA) is 15.3 Å².